The molecule has 0 bridgehead atoms. The lowest BCUT2D eigenvalue weighted by atomic mass is 10.2. The van der Waals surface area contributed by atoms with Crippen molar-refractivity contribution in [1.29, 1.82) is 0 Å². The van der Waals surface area contributed by atoms with Gasteiger partial charge in [0.1, 0.15) is 0 Å². The van der Waals surface area contributed by atoms with Crippen molar-refractivity contribution in [2.75, 3.05) is 20.3 Å². The largest absolute Gasteiger partial charge is 0.379 e. The van der Waals surface area contributed by atoms with Crippen molar-refractivity contribution in [3.63, 3.8) is 0 Å². The zero-order valence-corrected chi connectivity index (χ0v) is 10.0. The van der Waals surface area contributed by atoms with E-state index in [1.807, 2.05) is 0 Å². The molecule has 5 heteroatoms. The van der Waals surface area contributed by atoms with Gasteiger partial charge in [0, 0.05) is 26.0 Å². The van der Waals surface area contributed by atoms with Gasteiger partial charge in [0.15, 0.2) is 0 Å². The zero-order chi connectivity index (χ0) is 12.4. The molecule has 0 aromatic heterocycles. The van der Waals surface area contributed by atoms with E-state index in [-0.39, 0.29) is 0 Å². The second-order valence-corrected chi connectivity index (χ2v) is 3.82. The average molecular weight is 238 g/mol. The van der Waals surface area contributed by atoms with Crippen molar-refractivity contribution in [2.45, 2.75) is 39.3 Å². The third kappa shape index (κ3) is 9.68. The van der Waals surface area contributed by atoms with Crippen LogP contribution in [0, 0.1) is 0 Å². The van der Waals surface area contributed by atoms with Gasteiger partial charge in [-0.15, -0.1) is 0 Å². The molecular weight excluding hydrogens is 217 g/mol. The fourth-order valence-electron chi connectivity index (χ4n) is 1.48. The van der Waals surface area contributed by atoms with Crippen LogP contribution in [0.2, 0.25) is 0 Å². The van der Waals surface area contributed by atoms with Gasteiger partial charge in [-0.05, 0) is 6.42 Å². The molecule has 0 amide bonds. The lowest BCUT2D eigenvalue weighted by Crippen LogP contribution is -2.23. The van der Waals surface area contributed by atoms with Gasteiger partial charge in [0.2, 0.25) is 0 Å². The summed E-state index contributed by atoms with van der Waals surface area (Å²) >= 11 is 0. The van der Waals surface area contributed by atoms with Gasteiger partial charge in [-0.3, -0.25) is 0 Å². The van der Waals surface area contributed by atoms with E-state index in [0.29, 0.717) is 0 Å². The first kappa shape index (κ1) is 15.1. The Morgan fingerprint density at radius 1 is 1.12 bits per heavy atom. The summed E-state index contributed by atoms with van der Waals surface area (Å²) in [6.07, 6.45) is 9.76. The van der Waals surface area contributed by atoms with E-state index >= 15 is 0 Å². The summed E-state index contributed by atoms with van der Waals surface area (Å²) in [6.45, 7) is 0.885. The zero-order valence-electron chi connectivity index (χ0n) is 10.0. The molecule has 1 aliphatic rings. The van der Waals surface area contributed by atoms with Crippen molar-refractivity contribution in [3.8, 4) is 0 Å². The van der Waals surface area contributed by atoms with Crippen molar-refractivity contribution < 1.29 is 13.2 Å². The van der Waals surface area contributed by atoms with Crippen molar-refractivity contribution in [1.82, 2.24) is 9.80 Å². The third-order valence-corrected chi connectivity index (χ3v) is 2.24. The molecule has 1 heterocycles. The summed E-state index contributed by atoms with van der Waals surface area (Å²) in [4.78, 5) is 4.58. The molecule has 0 saturated carbocycles. The first-order valence-corrected chi connectivity index (χ1v) is 5.61. The number of alkyl halides is 3. The molecule has 0 aromatic carbocycles. The Balaban J connectivity index is 0.000000487. The number of halogens is 3. The van der Waals surface area contributed by atoms with Crippen molar-refractivity contribution >= 4 is 0 Å². The van der Waals surface area contributed by atoms with Crippen LogP contribution in [-0.4, -0.2) is 36.7 Å². The van der Waals surface area contributed by atoms with E-state index in [4.69, 9.17) is 0 Å². The topological polar surface area (TPSA) is 6.48 Å². The highest BCUT2D eigenvalue weighted by atomic mass is 19.4. The van der Waals surface area contributed by atoms with Gasteiger partial charge in [-0.2, -0.15) is 13.2 Å². The van der Waals surface area contributed by atoms with Gasteiger partial charge in [0.05, 0.1) is 6.67 Å². The number of unbranched alkanes of at least 4 members (excludes halogenated alkanes) is 3. The van der Waals surface area contributed by atoms with Gasteiger partial charge < -0.3 is 9.80 Å². The Morgan fingerprint density at radius 2 is 1.75 bits per heavy atom. The third-order valence-electron chi connectivity index (χ3n) is 2.24. The van der Waals surface area contributed by atoms with Crippen LogP contribution in [0.4, 0.5) is 13.2 Å². The quantitative estimate of drug-likeness (QED) is 0.677. The van der Waals surface area contributed by atoms with Gasteiger partial charge in [-0.1, -0.05) is 26.2 Å². The highest BCUT2D eigenvalue weighted by Crippen LogP contribution is 2.06. The average Bonchev–Trinajstić information content (AvgIpc) is 2.58. The molecule has 0 saturated heterocycles. The summed E-state index contributed by atoms with van der Waals surface area (Å²) in [5.74, 6) is 0. The smallest absolute Gasteiger partial charge is 0.362 e. The predicted molar refractivity (Wildman–Crippen MR) is 59.7 cm³/mol. The molecule has 1 rings (SSSR count). The highest BCUT2D eigenvalue weighted by Gasteiger charge is 2.06. The van der Waals surface area contributed by atoms with Crippen LogP contribution in [0.1, 0.15) is 32.6 Å². The van der Waals surface area contributed by atoms with Gasteiger partial charge >= 0.3 is 6.68 Å². The summed E-state index contributed by atoms with van der Waals surface area (Å²) in [5.41, 5.74) is 0. The van der Waals surface area contributed by atoms with Crippen LogP contribution in [0.3, 0.4) is 0 Å². The van der Waals surface area contributed by atoms with E-state index in [2.05, 4.69) is 36.2 Å². The number of nitrogens with zero attached hydrogens (tertiary/aromatic N) is 2. The molecule has 0 spiro atoms. The van der Waals surface area contributed by atoms with Crippen LogP contribution in [0.5, 0.6) is 0 Å². The first-order chi connectivity index (χ1) is 7.56. The van der Waals surface area contributed by atoms with Crippen LogP contribution in [0.15, 0.2) is 12.4 Å². The fraction of sp³-hybridized carbons (Fsp3) is 0.818. The number of hydrogen-bond donors (Lipinski definition) is 0. The SMILES string of the molecule is CCCCCCN1C=CN(C)C1.FC(F)F. The molecular formula is C11H21F3N2. The number of rotatable bonds is 5. The van der Waals surface area contributed by atoms with Gasteiger partial charge in [0.25, 0.3) is 0 Å². The van der Waals surface area contributed by atoms with Gasteiger partial charge in [-0.25, -0.2) is 0 Å². The molecule has 0 N–H and O–H groups in total. The van der Waals surface area contributed by atoms with Crippen molar-refractivity contribution in [2.24, 2.45) is 0 Å². The summed E-state index contributed by atoms with van der Waals surface area (Å²) in [5, 5.41) is 0. The van der Waals surface area contributed by atoms with Crippen molar-refractivity contribution in [3.05, 3.63) is 12.4 Å². The maximum Gasteiger partial charge on any atom is 0.379 e. The Labute approximate surface area is 95.7 Å². The molecule has 0 radical (unpaired) electrons. The highest BCUT2D eigenvalue weighted by molar-refractivity contribution is 4.88. The summed E-state index contributed by atoms with van der Waals surface area (Å²) in [7, 11) is 2.11. The van der Waals surface area contributed by atoms with E-state index in [0.717, 1.165) is 6.67 Å². The minimum atomic E-state index is -3.67. The van der Waals surface area contributed by atoms with Crippen LogP contribution >= 0.6 is 0 Å². The second-order valence-electron chi connectivity index (χ2n) is 3.82. The Kier molecular flexibility index (Phi) is 8.85. The molecule has 2 nitrogen and oxygen atoms in total. The molecule has 1 aliphatic heterocycles. The Morgan fingerprint density at radius 3 is 2.19 bits per heavy atom. The summed E-state index contributed by atoms with van der Waals surface area (Å²) in [6, 6.07) is 0. The monoisotopic (exact) mass is 238 g/mol. The maximum absolute atomic E-state index is 9.67. The fourth-order valence-corrected chi connectivity index (χ4v) is 1.48. The van der Waals surface area contributed by atoms with Crippen LogP contribution in [0.25, 0.3) is 0 Å². The first-order valence-electron chi connectivity index (χ1n) is 5.61. The molecule has 96 valence electrons. The lowest BCUT2D eigenvalue weighted by Gasteiger charge is -2.17. The predicted octanol–water partition coefficient (Wildman–Crippen LogP) is 3.42. The lowest BCUT2D eigenvalue weighted by molar-refractivity contribution is 0.00819. The maximum atomic E-state index is 9.67. The molecule has 16 heavy (non-hydrogen) atoms. The molecule has 0 aromatic rings. The minimum absolute atomic E-state index is 1.08. The molecule has 0 aliphatic carbocycles. The van der Waals surface area contributed by atoms with E-state index in [1.54, 1.807) is 0 Å². The number of hydrogen-bond acceptors (Lipinski definition) is 2. The van der Waals surface area contributed by atoms with E-state index in [1.165, 1.54) is 32.2 Å². The minimum Gasteiger partial charge on any atom is -0.362 e. The Hall–Kier alpha value is -0.870. The summed E-state index contributed by atoms with van der Waals surface area (Å²) < 4.78 is 29.0. The van der Waals surface area contributed by atoms with Crippen LogP contribution in [-0.2, 0) is 0 Å². The Bertz CT molecular complexity index is 183. The van der Waals surface area contributed by atoms with E-state index < -0.39 is 6.68 Å². The van der Waals surface area contributed by atoms with Crippen LogP contribution < -0.4 is 0 Å². The second kappa shape index (κ2) is 9.36. The molecule has 0 unspecified atom stereocenters. The standard InChI is InChI=1S/C10H20N2.CHF3/c1-3-4-5-6-7-12-9-8-11(2)10-12;2-1(3)4/h8-9H,3-7,10H2,1-2H3;1H. The molecule has 0 fully saturated rings. The normalized spacial score (nSPS) is 14.4. The van der Waals surface area contributed by atoms with E-state index in [9.17, 15) is 13.2 Å². The molecule has 0 atom stereocenters.